The molecule has 0 amide bonds. The fourth-order valence-corrected chi connectivity index (χ4v) is 2.63. The molecule has 0 bridgehead atoms. The van der Waals surface area contributed by atoms with Gasteiger partial charge in [0.15, 0.2) is 5.65 Å². The molecule has 0 aromatic carbocycles. The Morgan fingerprint density at radius 3 is 2.52 bits per heavy atom. The zero-order chi connectivity index (χ0) is 15.6. The molecule has 0 N–H and O–H groups in total. The van der Waals surface area contributed by atoms with Crippen molar-refractivity contribution in [2.45, 2.75) is 6.54 Å². The molecule has 23 heavy (non-hydrogen) atoms. The summed E-state index contributed by atoms with van der Waals surface area (Å²) in [6.07, 6.45) is 8.47. The van der Waals surface area contributed by atoms with E-state index in [-0.39, 0.29) is 5.69 Å². The van der Waals surface area contributed by atoms with Crippen LogP contribution in [0.1, 0.15) is 5.56 Å². The van der Waals surface area contributed by atoms with Crippen molar-refractivity contribution >= 4 is 11.2 Å². The van der Waals surface area contributed by atoms with Gasteiger partial charge in [0.2, 0.25) is 0 Å². The Balaban J connectivity index is 1.96. The maximum atomic E-state index is 12.9. The Morgan fingerprint density at radius 1 is 0.913 bits per heavy atom. The Morgan fingerprint density at radius 2 is 1.74 bits per heavy atom. The van der Waals surface area contributed by atoms with Gasteiger partial charge >= 0.3 is 5.69 Å². The lowest BCUT2D eigenvalue weighted by Gasteiger charge is -2.02. The molecule has 0 aliphatic carbocycles. The van der Waals surface area contributed by atoms with Gasteiger partial charge in [0, 0.05) is 24.8 Å². The molecule has 6 nitrogen and oxygen atoms in total. The maximum absolute atomic E-state index is 12.9. The molecule has 4 aromatic rings. The molecule has 0 fully saturated rings. The van der Waals surface area contributed by atoms with Crippen LogP contribution >= 0.6 is 0 Å². The van der Waals surface area contributed by atoms with Crippen molar-refractivity contribution in [1.82, 2.24) is 24.1 Å². The summed E-state index contributed by atoms with van der Waals surface area (Å²) in [5.41, 5.74) is 2.99. The van der Waals surface area contributed by atoms with Crippen molar-refractivity contribution in [3.05, 3.63) is 83.4 Å². The summed E-state index contributed by atoms with van der Waals surface area (Å²) in [5.74, 6) is 0. The van der Waals surface area contributed by atoms with E-state index < -0.39 is 0 Å². The number of imidazole rings is 1. The van der Waals surface area contributed by atoms with Crippen molar-refractivity contribution in [3.8, 4) is 5.69 Å². The van der Waals surface area contributed by atoms with Crippen LogP contribution in [-0.2, 0) is 6.54 Å². The quantitative estimate of drug-likeness (QED) is 0.581. The first-order valence-electron chi connectivity index (χ1n) is 7.20. The first-order valence-corrected chi connectivity index (χ1v) is 7.20. The van der Waals surface area contributed by atoms with E-state index in [1.54, 1.807) is 46.2 Å². The molecule has 0 aliphatic rings. The lowest BCUT2D eigenvalue weighted by Crippen LogP contribution is -2.23. The number of pyridine rings is 3. The average molecular weight is 303 g/mol. The molecule has 4 heterocycles. The maximum Gasteiger partial charge on any atom is 0.335 e. The number of hydrogen-bond acceptors (Lipinski definition) is 4. The number of nitrogens with zero attached hydrogens (tertiary/aromatic N) is 5. The van der Waals surface area contributed by atoms with E-state index in [4.69, 9.17) is 0 Å². The van der Waals surface area contributed by atoms with Gasteiger partial charge in [0.25, 0.3) is 0 Å². The van der Waals surface area contributed by atoms with Crippen molar-refractivity contribution < 1.29 is 0 Å². The van der Waals surface area contributed by atoms with Crippen LogP contribution in [0.25, 0.3) is 16.9 Å². The second kappa shape index (κ2) is 5.49. The standard InChI is InChI=1S/C17H13N5O/c23-17-21(12-13-5-9-18-10-6-13)15-4-2-8-20-16(15)22(17)14-3-1-7-19-11-14/h1-11H,12H2. The highest BCUT2D eigenvalue weighted by Crippen LogP contribution is 2.15. The number of fused-ring (bicyclic) bond motifs is 1. The van der Waals surface area contributed by atoms with Gasteiger partial charge in [-0.15, -0.1) is 0 Å². The molecule has 0 aliphatic heterocycles. The molecule has 0 radical (unpaired) electrons. The summed E-state index contributed by atoms with van der Waals surface area (Å²) in [5, 5.41) is 0. The fourth-order valence-electron chi connectivity index (χ4n) is 2.63. The molecule has 6 heteroatoms. The molecule has 0 saturated carbocycles. The summed E-state index contributed by atoms with van der Waals surface area (Å²) in [4.78, 5) is 25.4. The Hall–Kier alpha value is -3.28. The average Bonchev–Trinajstić information content (AvgIpc) is 2.89. The minimum absolute atomic E-state index is 0.136. The first-order chi connectivity index (χ1) is 11.3. The second-order valence-electron chi connectivity index (χ2n) is 5.12. The molecule has 4 aromatic heterocycles. The lowest BCUT2D eigenvalue weighted by molar-refractivity contribution is 0.761. The lowest BCUT2D eigenvalue weighted by atomic mass is 10.2. The predicted octanol–water partition coefficient (Wildman–Crippen LogP) is 2.03. The Labute approximate surface area is 131 Å². The molecule has 112 valence electrons. The van der Waals surface area contributed by atoms with Crippen LogP contribution < -0.4 is 5.69 Å². The largest absolute Gasteiger partial charge is 0.335 e. The Kier molecular flexibility index (Phi) is 3.20. The summed E-state index contributed by atoms with van der Waals surface area (Å²) in [6.45, 7) is 0.469. The summed E-state index contributed by atoms with van der Waals surface area (Å²) in [7, 11) is 0. The van der Waals surface area contributed by atoms with Crippen molar-refractivity contribution in [3.63, 3.8) is 0 Å². The third-order valence-electron chi connectivity index (χ3n) is 3.69. The third kappa shape index (κ3) is 2.30. The highest BCUT2D eigenvalue weighted by Gasteiger charge is 2.15. The Bertz CT molecular complexity index is 1010. The minimum atomic E-state index is -0.136. The predicted molar refractivity (Wildman–Crippen MR) is 86.5 cm³/mol. The smallest absolute Gasteiger partial charge is 0.286 e. The zero-order valence-corrected chi connectivity index (χ0v) is 12.2. The minimum Gasteiger partial charge on any atom is -0.286 e. The summed E-state index contributed by atoms with van der Waals surface area (Å²) >= 11 is 0. The van der Waals surface area contributed by atoms with E-state index in [1.807, 2.05) is 30.3 Å². The third-order valence-corrected chi connectivity index (χ3v) is 3.69. The molecular formula is C17H13N5O. The number of aromatic nitrogens is 5. The van der Waals surface area contributed by atoms with Gasteiger partial charge in [0.05, 0.1) is 23.9 Å². The summed E-state index contributed by atoms with van der Waals surface area (Å²) < 4.78 is 3.30. The molecule has 0 saturated heterocycles. The highest BCUT2D eigenvalue weighted by molar-refractivity contribution is 5.73. The molecule has 0 unspecified atom stereocenters. The fraction of sp³-hybridized carbons (Fsp3) is 0.0588. The van der Waals surface area contributed by atoms with Gasteiger partial charge in [-0.3, -0.25) is 14.5 Å². The van der Waals surface area contributed by atoms with Crippen LogP contribution in [0.2, 0.25) is 0 Å². The molecule has 4 rings (SSSR count). The van der Waals surface area contributed by atoms with Crippen LogP contribution in [0.15, 0.2) is 72.2 Å². The van der Waals surface area contributed by atoms with E-state index in [2.05, 4.69) is 15.0 Å². The summed E-state index contributed by atoms with van der Waals surface area (Å²) in [6, 6.07) is 11.2. The van der Waals surface area contributed by atoms with Gasteiger partial charge in [-0.05, 0) is 42.0 Å². The monoisotopic (exact) mass is 303 g/mol. The van der Waals surface area contributed by atoms with E-state index in [1.165, 1.54) is 0 Å². The number of hydrogen-bond donors (Lipinski definition) is 0. The molecule has 0 atom stereocenters. The van der Waals surface area contributed by atoms with Crippen LogP contribution in [0, 0.1) is 0 Å². The van der Waals surface area contributed by atoms with E-state index in [0.717, 1.165) is 11.1 Å². The van der Waals surface area contributed by atoms with E-state index >= 15 is 0 Å². The van der Waals surface area contributed by atoms with Gasteiger partial charge in [0.1, 0.15) is 0 Å². The van der Waals surface area contributed by atoms with Crippen molar-refractivity contribution in [2.24, 2.45) is 0 Å². The van der Waals surface area contributed by atoms with Crippen molar-refractivity contribution in [2.75, 3.05) is 0 Å². The highest BCUT2D eigenvalue weighted by atomic mass is 16.1. The van der Waals surface area contributed by atoms with Crippen LogP contribution in [-0.4, -0.2) is 24.1 Å². The van der Waals surface area contributed by atoms with E-state index in [0.29, 0.717) is 17.9 Å². The van der Waals surface area contributed by atoms with Gasteiger partial charge in [-0.2, -0.15) is 0 Å². The van der Waals surface area contributed by atoms with Crippen LogP contribution in [0.4, 0.5) is 0 Å². The number of rotatable bonds is 3. The topological polar surface area (TPSA) is 65.6 Å². The van der Waals surface area contributed by atoms with Crippen molar-refractivity contribution in [1.29, 1.82) is 0 Å². The second-order valence-corrected chi connectivity index (χ2v) is 5.12. The van der Waals surface area contributed by atoms with Crippen LogP contribution in [0.3, 0.4) is 0 Å². The molecular weight excluding hydrogens is 290 g/mol. The first kappa shape index (κ1) is 13.4. The van der Waals surface area contributed by atoms with Gasteiger partial charge in [-0.1, -0.05) is 0 Å². The van der Waals surface area contributed by atoms with Gasteiger partial charge in [-0.25, -0.2) is 14.3 Å². The molecule has 0 spiro atoms. The van der Waals surface area contributed by atoms with Crippen LogP contribution in [0.5, 0.6) is 0 Å². The SMILES string of the molecule is O=c1n(Cc2ccncc2)c2cccnc2n1-c1cccnc1. The van der Waals surface area contributed by atoms with E-state index in [9.17, 15) is 4.79 Å². The normalized spacial score (nSPS) is 11.0. The zero-order valence-electron chi connectivity index (χ0n) is 12.2. The van der Waals surface area contributed by atoms with Gasteiger partial charge < -0.3 is 0 Å².